The van der Waals surface area contributed by atoms with Crippen LogP contribution in [0.3, 0.4) is 0 Å². The molecule has 2 aromatic carbocycles. The second kappa shape index (κ2) is 8.90. The predicted molar refractivity (Wildman–Crippen MR) is 118 cm³/mol. The number of hydrogen-bond acceptors (Lipinski definition) is 3. The van der Waals surface area contributed by atoms with Crippen LogP contribution in [0.1, 0.15) is 56.1 Å². The van der Waals surface area contributed by atoms with Gasteiger partial charge in [-0.1, -0.05) is 43.5 Å². The van der Waals surface area contributed by atoms with Crippen molar-refractivity contribution in [1.29, 1.82) is 0 Å². The molecule has 5 nitrogen and oxygen atoms in total. The molecule has 2 fully saturated rings. The fourth-order valence-electron chi connectivity index (χ4n) is 4.82. The van der Waals surface area contributed by atoms with Crippen molar-refractivity contribution in [2.75, 3.05) is 18.6 Å². The van der Waals surface area contributed by atoms with Crippen LogP contribution in [-0.2, 0) is 21.5 Å². The zero-order chi connectivity index (χ0) is 21.0. The number of rotatable bonds is 6. The number of carbonyl (C=O) groups is 2. The van der Waals surface area contributed by atoms with Crippen molar-refractivity contribution in [3.05, 3.63) is 59.7 Å². The third kappa shape index (κ3) is 4.07. The van der Waals surface area contributed by atoms with Gasteiger partial charge in [0.15, 0.2) is 0 Å². The molecule has 2 amide bonds. The molecule has 158 valence electrons. The molecule has 2 aromatic rings. The molecule has 4 rings (SSSR count). The van der Waals surface area contributed by atoms with Crippen molar-refractivity contribution in [2.45, 2.75) is 56.9 Å². The molecular formula is C25H30N2O3. The summed E-state index contributed by atoms with van der Waals surface area (Å²) >= 11 is 0. The van der Waals surface area contributed by atoms with Gasteiger partial charge < -0.3 is 15.0 Å². The standard InChI is InChI=1S/C25H30N2O3/c1-30-22-12-10-20(11-13-22)25(14-3-2-4-15-25)24(29)26-18-19-7-5-8-21(17-19)27-16-6-9-23(27)28/h5,7-8,10-13,17H,2-4,6,9,14-16,18H2,1H3,(H,26,29). The Hall–Kier alpha value is -2.82. The Morgan fingerprint density at radius 3 is 2.50 bits per heavy atom. The summed E-state index contributed by atoms with van der Waals surface area (Å²) in [5.74, 6) is 1.07. The normalized spacial score (nSPS) is 18.3. The van der Waals surface area contributed by atoms with E-state index < -0.39 is 5.41 Å². The summed E-state index contributed by atoms with van der Waals surface area (Å²) in [5.41, 5.74) is 2.53. The minimum atomic E-state index is -0.479. The van der Waals surface area contributed by atoms with Crippen LogP contribution in [0.15, 0.2) is 48.5 Å². The number of nitrogens with one attached hydrogen (secondary N) is 1. The molecule has 1 aliphatic heterocycles. The minimum Gasteiger partial charge on any atom is -0.497 e. The first-order valence-corrected chi connectivity index (χ1v) is 10.9. The number of methoxy groups -OCH3 is 1. The van der Waals surface area contributed by atoms with E-state index in [1.165, 1.54) is 6.42 Å². The molecule has 5 heteroatoms. The minimum absolute atomic E-state index is 0.0926. The van der Waals surface area contributed by atoms with Crippen LogP contribution in [-0.4, -0.2) is 25.5 Å². The van der Waals surface area contributed by atoms with Gasteiger partial charge in [-0.2, -0.15) is 0 Å². The van der Waals surface area contributed by atoms with Gasteiger partial charge in [0, 0.05) is 25.2 Å². The second-order valence-electron chi connectivity index (χ2n) is 8.37. The van der Waals surface area contributed by atoms with Gasteiger partial charge in [-0.15, -0.1) is 0 Å². The summed E-state index contributed by atoms with van der Waals surface area (Å²) < 4.78 is 5.29. The third-order valence-electron chi connectivity index (χ3n) is 6.53. The lowest BCUT2D eigenvalue weighted by atomic mass is 9.68. The summed E-state index contributed by atoms with van der Waals surface area (Å²) in [5, 5.41) is 3.19. The van der Waals surface area contributed by atoms with E-state index in [-0.39, 0.29) is 11.8 Å². The summed E-state index contributed by atoms with van der Waals surface area (Å²) in [6.07, 6.45) is 6.56. The van der Waals surface area contributed by atoms with Gasteiger partial charge >= 0.3 is 0 Å². The Morgan fingerprint density at radius 1 is 1.07 bits per heavy atom. The molecule has 0 radical (unpaired) electrons. The van der Waals surface area contributed by atoms with Crippen molar-refractivity contribution >= 4 is 17.5 Å². The van der Waals surface area contributed by atoms with E-state index in [0.29, 0.717) is 13.0 Å². The molecule has 0 spiro atoms. The van der Waals surface area contributed by atoms with E-state index in [9.17, 15) is 9.59 Å². The van der Waals surface area contributed by atoms with Crippen molar-refractivity contribution < 1.29 is 14.3 Å². The molecular weight excluding hydrogens is 376 g/mol. The van der Waals surface area contributed by atoms with E-state index in [1.807, 2.05) is 53.4 Å². The predicted octanol–water partition coefficient (Wildman–Crippen LogP) is 4.34. The van der Waals surface area contributed by atoms with E-state index in [1.54, 1.807) is 7.11 Å². The average molecular weight is 407 g/mol. The first-order chi connectivity index (χ1) is 14.6. The smallest absolute Gasteiger partial charge is 0.230 e. The van der Waals surface area contributed by atoms with Gasteiger partial charge in [0.2, 0.25) is 11.8 Å². The lowest BCUT2D eigenvalue weighted by Crippen LogP contribution is -2.45. The maximum Gasteiger partial charge on any atom is 0.230 e. The topological polar surface area (TPSA) is 58.6 Å². The van der Waals surface area contributed by atoms with Crippen molar-refractivity contribution in [3.63, 3.8) is 0 Å². The SMILES string of the molecule is COc1ccc(C2(C(=O)NCc3cccc(N4CCCC4=O)c3)CCCCC2)cc1. The van der Waals surface area contributed by atoms with E-state index in [4.69, 9.17) is 4.74 Å². The van der Waals surface area contributed by atoms with Crippen LogP contribution in [0.2, 0.25) is 0 Å². The van der Waals surface area contributed by atoms with E-state index in [0.717, 1.165) is 61.2 Å². The summed E-state index contributed by atoms with van der Waals surface area (Å²) in [6.45, 7) is 1.24. The second-order valence-corrected chi connectivity index (χ2v) is 8.37. The summed E-state index contributed by atoms with van der Waals surface area (Å²) in [4.78, 5) is 27.3. The largest absolute Gasteiger partial charge is 0.497 e. The quantitative estimate of drug-likeness (QED) is 0.776. The van der Waals surface area contributed by atoms with Crippen LogP contribution in [0.5, 0.6) is 5.75 Å². The Morgan fingerprint density at radius 2 is 1.83 bits per heavy atom. The maximum atomic E-state index is 13.4. The lowest BCUT2D eigenvalue weighted by Gasteiger charge is -2.36. The van der Waals surface area contributed by atoms with Crippen LogP contribution in [0, 0.1) is 0 Å². The van der Waals surface area contributed by atoms with Gasteiger partial charge in [0.1, 0.15) is 5.75 Å². The Bertz CT molecular complexity index is 901. The summed E-state index contributed by atoms with van der Waals surface area (Å²) in [7, 11) is 1.65. The van der Waals surface area contributed by atoms with Crippen molar-refractivity contribution in [3.8, 4) is 5.75 Å². The van der Waals surface area contributed by atoms with Gasteiger partial charge in [-0.05, 0) is 54.7 Å². The highest BCUT2D eigenvalue weighted by Gasteiger charge is 2.40. The highest BCUT2D eigenvalue weighted by atomic mass is 16.5. The average Bonchev–Trinajstić information content (AvgIpc) is 3.24. The summed E-state index contributed by atoms with van der Waals surface area (Å²) in [6, 6.07) is 15.9. The van der Waals surface area contributed by atoms with E-state index in [2.05, 4.69) is 5.32 Å². The number of amides is 2. The zero-order valence-electron chi connectivity index (χ0n) is 17.7. The highest BCUT2D eigenvalue weighted by molar-refractivity contribution is 5.95. The van der Waals surface area contributed by atoms with Gasteiger partial charge in [-0.3, -0.25) is 9.59 Å². The Kier molecular flexibility index (Phi) is 6.07. The Balaban J connectivity index is 1.50. The van der Waals surface area contributed by atoms with Gasteiger partial charge in [0.05, 0.1) is 12.5 Å². The molecule has 1 aliphatic carbocycles. The fraction of sp³-hybridized carbons (Fsp3) is 0.440. The highest BCUT2D eigenvalue weighted by Crippen LogP contribution is 2.40. The van der Waals surface area contributed by atoms with Gasteiger partial charge in [-0.25, -0.2) is 0 Å². The van der Waals surface area contributed by atoms with Crippen molar-refractivity contribution in [2.24, 2.45) is 0 Å². The number of anilines is 1. The van der Waals surface area contributed by atoms with Crippen LogP contribution in [0.4, 0.5) is 5.69 Å². The molecule has 30 heavy (non-hydrogen) atoms. The van der Waals surface area contributed by atoms with Crippen LogP contribution < -0.4 is 15.0 Å². The Labute approximate surface area is 178 Å². The maximum absolute atomic E-state index is 13.4. The molecule has 1 N–H and O–H groups in total. The molecule has 1 saturated heterocycles. The van der Waals surface area contributed by atoms with Crippen LogP contribution >= 0.6 is 0 Å². The number of benzene rings is 2. The fourth-order valence-corrected chi connectivity index (χ4v) is 4.82. The monoisotopic (exact) mass is 406 g/mol. The molecule has 0 bridgehead atoms. The molecule has 0 aromatic heterocycles. The van der Waals surface area contributed by atoms with Crippen molar-refractivity contribution in [1.82, 2.24) is 5.32 Å². The number of hydrogen-bond donors (Lipinski definition) is 1. The molecule has 0 unspecified atom stereocenters. The molecule has 2 aliphatic rings. The molecule has 1 heterocycles. The zero-order valence-corrected chi connectivity index (χ0v) is 17.7. The first-order valence-electron chi connectivity index (χ1n) is 10.9. The van der Waals surface area contributed by atoms with Crippen LogP contribution in [0.25, 0.3) is 0 Å². The molecule has 0 atom stereocenters. The number of carbonyl (C=O) groups excluding carboxylic acids is 2. The van der Waals surface area contributed by atoms with Gasteiger partial charge in [0.25, 0.3) is 0 Å². The lowest BCUT2D eigenvalue weighted by molar-refractivity contribution is -0.128. The first kappa shape index (κ1) is 20.5. The number of nitrogens with zero attached hydrogens (tertiary/aromatic N) is 1. The third-order valence-corrected chi connectivity index (χ3v) is 6.53. The van der Waals surface area contributed by atoms with E-state index >= 15 is 0 Å². The molecule has 1 saturated carbocycles. The number of ether oxygens (including phenoxy) is 1.